The van der Waals surface area contributed by atoms with Crippen molar-refractivity contribution in [2.45, 2.75) is 6.54 Å². The van der Waals surface area contributed by atoms with Crippen LogP contribution in [0.25, 0.3) is 22.3 Å². The van der Waals surface area contributed by atoms with E-state index in [0.29, 0.717) is 0 Å². The van der Waals surface area contributed by atoms with Gasteiger partial charge in [-0.25, -0.2) is 14.8 Å². The van der Waals surface area contributed by atoms with Gasteiger partial charge < -0.3 is 5.32 Å². The summed E-state index contributed by atoms with van der Waals surface area (Å²) < 4.78 is 2.25. The number of hydrogen-bond donors (Lipinski definition) is 1. The summed E-state index contributed by atoms with van der Waals surface area (Å²) in [5.74, 6) is -0.416. The van der Waals surface area contributed by atoms with Gasteiger partial charge in [0.15, 0.2) is 0 Å². The van der Waals surface area contributed by atoms with Gasteiger partial charge in [-0.1, -0.05) is 0 Å². The monoisotopic (exact) mass is 408 g/mol. The SMILES string of the molecule is Cn1c(=O)c2ccc(C(=O)NCc3nc(-c4ccncc4)cs3)nc2n(C)c1=O. The lowest BCUT2D eigenvalue weighted by molar-refractivity contribution is 0.0946. The molecule has 0 bridgehead atoms. The molecule has 0 saturated carbocycles. The fourth-order valence-corrected chi connectivity index (χ4v) is 3.62. The van der Waals surface area contributed by atoms with Crippen molar-refractivity contribution in [3.05, 3.63) is 73.6 Å². The number of hydrogen-bond acceptors (Lipinski definition) is 7. The highest BCUT2D eigenvalue weighted by molar-refractivity contribution is 7.09. The molecule has 0 aliphatic carbocycles. The normalized spacial score (nSPS) is 11.0. The lowest BCUT2D eigenvalue weighted by Crippen LogP contribution is -2.37. The van der Waals surface area contributed by atoms with Crippen LogP contribution in [0.4, 0.5) is 0 Å². The number of thiazole rings is 1. The van der Waals surface area contributed by atoms with Gasteiger partial charge in [0.05, 0.1) is 17.6 Å². The van der Waals surface area contributed by atoms with E-state index in [1.165, 1.54) is 42.1 Å². The van der Waals surface area contributed by atoms with Gasteiger partial charge in [-0.05, 0) is 24.3 Å². The molecule has 146 valence electrons. The van der Waals surface area contributed by atoms with Gasteiger partial charge in [-0.3, -0.25) is 23.7 Å². The summed E-state index contributed by atoms with van der Waals surface area (Å²) in [6.45, 7) is 0.240. The van der Waals surface area contributed by atoms with Crippen LogP contribution >= 0.6 is 11.3 Å². The van der Waals surface area contributed by atoms with Crippen LogP contribution in [0.3, 0.4) is 0 Å². The minimum absolute atomic E-state index is 0.117. The van der Waals surface area contributed by atoms with Crippen molar-refractivity contribution in [1.82, 2.24) is 29.4 Å². The molecule has 0 saturated heterocycles. The van der Waals surface area contributed by atoms with E-state index < -0.39 is 17.2 Å². The summed E-state index contributed by atoms with van der Waals surface area (Å²) in [4.78, 5) is 49.5. The van der Waals surface area contributed by atoms with Gasteiger partial charge in [-0.15, -0.1) is 11.3 Å². The zero-order chi connectivity index (χ0) is 20.5. The third-order valence-corrected chi connectivity index (χ3v) is 5.31. The Morgan fingerprint density at radius 1 is 1.07 bits per heavy atom. The van der Waals surface area contributed by atoms with Gasteiger partial charge in [0.2, 0.25) is 0 Å². The van der Waals surface area contributed by atoms with E-state index in [9.17, 15) is 14.4 Å². The average molecular weight is 408 g/mol. The molecule has 0 atom stereocenters. The average Bonchev–Trinajstić information content (AvgIpc) is 3.24. The van der Waals surface area contributed by atoms with Gasteiger partial charge in [0.1, 0.15) is 16.3 Å². The molecular weight excluding hydrogens is 392 g/mol. The van der Waals surface area contributed by atoms with E-state index in [4.69, 9.17) is 0 Å². The summed E-state index contributed by atoms with van der Waals surface area (Å²) in [6.07, 6.45) is 3.39. The molecule has 0 aliphatic heterocycles. The second-order valence-corrected chi connectivity index (χ2v) is 7.26. The smallest absolute Gasteiger partial charge is 0.332 e. The van der Waals surface area contributed by atoms with E-state index in [1.807, 2.05) is 17.5 Å². The molecule has 0 unspecified atom stereocenters. The van der Waals surface area contributed by atoms with E-state index in [1.54, 1.807) is 12.4 Å². The first-order chi connectivity index (χ1) is 14.0. The maximum absolute atomic E-state index is 12.5. The van der Waals surface area contributed by atoms with Crippen molar-refractivity contribution in [2.24, 2.45) is 14.1 Å². The molecule has 0 aromatic carbocycles. The molecular formula is C19H16N6O3S. The number of carbonyl (C=O) groups is 1. The first-order valence-corrected chi connectivity index (χ1v) is 9.53. The maximum Gasteiger partial charge on any atom is 0.332 e. The summed E-state index contributed by atoms with van der Waals surface area (Å²) in [5, 5.41) is 5.70. The Bertz CT molecular complexity index is 1340. The van der Waals surface area contributed by atoms with Crippen LogP contribution in [0.15, 0.2) is 51.6 Å². The van der Waals surface area contributed by atoms with Crippen LogP contribution < -0.4 is 16.6 Å². The molecule has 9 nitrogen and oxygen atoms in total. The van der Waals surface area contributed by atoms with Crippen LogP contribution in [-0.2, 0) is 20.6 Å². The molecule has 0 fully saturated rings. The molecule has 0 radical (unpaired) electrons. The zero-order valence-corrected chi connectivity index (χ0v) is 16.4. The molecule has 4 aromatic rings. The molecule has 0 spiro atoms. The fraction of sp³-hybridized carbons (Fsp3) is 0.158. The number of carbonyl (C=O) groups excluding carboxylic acids is 1. The van der Waals surface area contributed by atoms with Crippen molar-refractivity contribution in [1.29, 1.82) is 0 Å². The molecule has 29 heavy (non-hydrogen) atoms. The third kappa shape index (κ3) is 3.45. The molecule has 0 aliphatic rings. The van der Waals surface area contributed by atoms with Gasteiger partial charge >= 0.3 is 5.69 Å². The Labute approximate surface area is 168 Å². The van der Waals surface area contributed by atoms with Crippen LogP contribution in [0.5, 0.6) is 0 Å². The molecule has 4 aromatic heterocycles. The lowest BCUT2D eigenvalue weighted by atomic mass is 10.2. The Kier molecular flexibility index (Phi) is 4.77. The second-order valence-electron chi connectivity index (χ2n) is 6.32. The highest BCUT2D eigenvalue weighted by Gasteiger charge is 2.14. The van der Waals surface area contributed by atoms with Gasteiger partial charge in [-0.2, -0.15) is 0 Å². The summed E-state index contributed by atoms with van der Waals surface area (Å²) in [7, 11) is 2.91. The fourth-order valence-electron chi connectivity index (χ4n) is 2.87. The number of nitrogens with zero attached hydrogens (tertiary/aromatic N) is 5. The Hall–Kier alpha value is -3.66. The number of rotatable bonds is 4. The van der Waals surface area contributed by atoms with Crippen molar-refractivity contribution in [3.8, 4) is 11.3 Å². The van der Waals surface area contributed by atoms with Gasteiger partial charge in [0, 0.05) is 37.4 Å². The molecule has 1 amide bonds. The summed E-state index contributed by atoms with van der Waals surface area (Å²) in [5.41, 5.74) is 1.10. The van der Waals surface area contributed by atoms with E-state index in [2.05, 4.69) is 20.3 Å². The van der Waals surface area contributed by atoms with Crippen LogP contribution in [0.1, 0.15) is 15.5 Å². The number of nitrogens with one attached hydrogen (secondary N) is 1. The number of pyridine rings is 2. The maximum atomic E-state index is 12.5. The van der Waals surface area contributed by atoms with Crippen LogP contribution in [0.2, 0.25) is 0 Å². The molecule has 4 heterocycles. The predicted molar refractivity (Wildman–Crippen MR) is 109 cm³/mol. The minimum atomic E-state index is -0.501. The quantitative estimate of drug-likeness (QED) is 0.541. The molecule has 4 rings (SSSR count). The molecule has 10 heteroatoms. The molecule has 1 N–H and O–H groups in total. The second kappa shape index (κ2) is 7.40. The Balaban J connectivity index is 1.55. The van der Waals surface area contributed by atoms with E-state index in [0.717, 1.165) is 20.8 Å². The van der Waals surface area contributed by atoms with Crippen molar-refractivity contribution in [3.63, 3.8) is 0 Å². The number of aromatic nitrogens is 5. The highest BCUT2D eigenvalue weighted by Crippen LogP contribution is 2.21. The zero-order valence-electron chi connectivity index (χ0n) is 15.6. The Morgan fingerprint density at radius 3 is 2.59 bits per heavy atom. The third-order valence-electron chi connectivity index (χ3n) is 4.46. The predicted octanol–water partition coefficient (Wildman–Crippen LogP) is 1.08. The number of aryl methyl sites for hydroxylation is 1. The van der Waals surface area contributed by atoms with Crippen molar-refractivity contribution >= 4 is 28.3 Å². The topological polar surface area (TPSA) is 112 Å². The largest absolute Gasteiger partial charge is 0.344 e. The van der Waals surface area contributed by atoms with Crippen molar-refractivity contribution in [2.75, 3.05) is 0 Å². The lowest BCUT2D eigenvalue weighted by Gasteiger charge is -2.08. The minimum Gasteiger partial charge on any atom is -0.344 e. The summed E-state index contributed by atoms with van der Waals surface area (Å²) >= 11 is 1.44. The van der Waals surface area contributed by atoms with Crippen molar-refractivity contribution < 1.29 is 4.79 Å². The van der Waals surface area contributed by atoms with E-state index >= 15 is 0 Å². The first-order valence-electron chi connectivity index (χ1n) is 8.65. The first kappa shape index (κ1) is 18.7. The summed E-state index contributed by atoms with van der Waals surface area (Å²) in [6, 6.07) is 6.70. The Morgan fingerprint density at radius 2 is 1.83 bits per heavy atom. The number of fused-ring (bicyclic) bond motifs is 1. The van der Waals surface area contributed by atoms with Crippen LogP contribution in [-0.4, -0.2) is 30.0 Å². The highest BCUT2D eigenvalue weighted by atomic mass is 32.1. The van der Waals surface area contributed by atoms with Gasteiger partial charge in [0.25, 0.3) is 11.5 Å². The standard InChI is InChI=1S/C19H16N6O3S/c1-24-16-12(18(27)25(2)19(24)28)3-4-13(23-16)17(26)21-9-15-22-14(10-29-15)11-5-7-20-8-6-11/h3-8,10H,9H2,1-2H3,(H,21,26). The van der Waals surface area contributed by atoms with E-state index in [-0.39, 0.29) is 23.3 Å². The van der Waals surface area contributed by atoms with Crippen LogP contribution in [0, 0.1) is 0 Å². The number of amides is 1.